The van der Waals surface area contributed by atoms with Gasteiger partial charge in [-0.25, -0.2) is 9.37 Å². The van der Waals surface area contributed by atoms with Gasteiger partial charge in [0.1, 0.15) is 5.82 Å². The smallest absolute Gasteiger partial charge is 0.258 e. The molecule has 0 saturated heterocycles. The molecule has 0 aliphatic carbocycles. The zero-order valence-electron chi connectivity index (χ0n) is 17.3. The van der Waals surface area contributed by atoms with E-state index in [9.17, 15) is 14.0 Å². The number of aromatic nitrogens is 1. The van der Waals surface area contributed by atoms with Crippen molar-refractivity contribution in [1.82, 2.24) is 4.98 Å². The zero-order valence-corrected chi connectivity index (χ0v) is 20.5. The van der Waals surface area contributed by atoms with E-state index in [0.29, 0.717) is 26.6 Å². The highest BCUT2D eigenvalue weighted by molar-refractivity contribution is 8.00. The Morgan fingerprint density at radius 3 is 2.50 bits per heavy atom. The Labute approximate surface area is 213 Å². The lowest BCUT2D eigenvalue weighted by Crippen LogP contribution is -2.14. The van der Waals surface area contributed by atoms with Crippen molar-refractivity contribution >= 4 is 68.9 Å². The molecular formula is C24H16Cl2FN3O2S2. The number of nitrogens with one attached hydrogen (secondary N) is 2. The van der Waals surface area contributed by atoms with E-state index < -0.39 is 11.7 Å². The van der Waals surface area contributed by atoms with Gasteiger partial charge in [-0.2, -0.15) is 0 Å². The molecule has 0 unspecified atom stereocenters. The SMILES string of the molecule is O=C(CSc1ccc(NC(=O)c2ccccc2F)cc1)Nc1nc(-c2ccc(Cl)cc2Cl)cs1. The fourth-order valence-electron chi connectivity index (χ4n) is 2.93. The molecule has 2 N–H and O–H groups in total. The van der Waals surface area contributed by atoms with Crippen molar-refractivity contribution in [2.75, 3.05) is 16.4 Å². The normalized spacial score (nSPS) is 10.7. The summed E-state index contributed by atoms with van der Waals surface area (Å²) in [5, 5.41) is 8.74. The Bertz CT molecular complexity index is 1350. The topological polar surface area (TPSA) is 71.1 Å². The summed E-state index contributed by atoms with van der Waals surface area (Å²) in [5.74, 6) is -1.13. The first-order valence-corrected chi connectivity index (χ1v) is 12.5. The zero-order chi connectivity index (χ0) is 24.1. The first-order chi connectivity index (χ1) is 16.4. The number of amides is 2. The lowest BCUT2D eigenvalue weighted by Gasteiger charge is -2.07. The van der Waals surface area contributed by atoms with Crippen molar-refractivity contribution in [3.05, 3.63) is 93.5 Å². The summed E-state index contributed by atoms with van der Waals surface area (Å²) in [6.45, 7) is 0. The van der Waals surface area contributed by atoms with E-state index >= 15 is 0 Å². The second-order valence-corrected chi connectivity index (χ2v) is 9.71. The standard InChI is InChI=1S/C24H16Cl2FN3O2S2/c25-14-5-10-17(19(26)11-14)21-12-34-24(29-21)30-22(31)13-33-16-8-6-15(7-9-16)28-23(32)18-3-1-2-4-20(18)27/h1-12H,13H2,(H,28,32)(H,29,30,31). The third kappa shape index (κ3) is 6.15. The molecule has 3 aromatic carbocycles. The van der Waals surface area contributed by atoms with Crippen molar-refractivity contribution in [1.29, 1.82) is 0 Å². The molecule has 10 heteroatoms. The molecule has 4 aromatic rings. The maximum atomic E-state index is 13.7. The highest BCUT2D eigenvalue weighted by atomic mass is 35.5. The Balaban J connectivity index is 1.29. The summed E-state index contributed by atoms with van der Waals surface area (Å²) in [7, 11) is 0. The lowest BCUT2D eigenvalue weighted by molar-refractivity contribution is -0.113. The first kappa shape index (κ1) is 24.2. The van der Waals surface area contributed by atoms with Crippen molar-refractivity contribution < 1.29 is 14.0 Å². The van der Waals surface area contributed by atoms with Gasteiger partial charge >= 0.3 is 0 Å². The van der Waals surface area contributed by atoms with Gasteiger partial charge in [0.15, 0.2) is 5.13 Å². The van der Waals surface area contributed by atoms with Crippen molar-refractivity contribution in [2.24, 2.45) is 0 Å². The van der Waals surface area contributed by atoms with Crippen molar-refractivity contribution in [2.45, 2.75) is 4.90 Å². The number of carbonyl (C=O) groups is 2. The number of rotatable bonds is 7. The number of carbonyl (C=O) groups excluding carboxylic acids is 2. The fourth-order valence-corrected chi connectivity index (χ4v) is 4.87. The van der Waals surface area contributed by atoms with E-state index in [1.165, 1.54) is 41.3 Å². The molecule has 0 fully saturated rings. The highest BCUT2D eigenvalue weighted by Crippen LogP contribution is 2.32. The predicted octanol–water partition coefficient (Wildman–Crippen LogP) is 7.24. The van der Waals surface area contributed by atoms with Crippen LogP contribution in [0.15, 0.2) is 77.0 Å². The largest absolute Gasteiger partial charge is 0.322 e. The van der Waals surface area contributed by atoms with E-state index in [1.54, 1.807) is 48.5 Å². The van der Waals surface area contributed by atoms with Gasteiger partial charge < -0.3 is 10.6 Å². The summed E-state index contributed by atoms with van der Waals surface area (Å²) in [4.78, 5) is 29.8. The minimum Gasteiger partial charge on any atom is -0.322 e. The van der Waals surface area contributed by atoms with Gasteiger partial charge in [-0.3, -0.25) is 9.59 Å². The molecular weight excluding hydrogens is 516 g/mol. The number of hydrogen-bond acceptors (Lipinski definition) is 5. The molecule has 2 amide bonds. The first-order valence-electron chi connectivity index (χ1n) is 9.88. The quantitative estimate of drug-likeness (QED) is 0.246. The van der Waals surface area contributed by atoms with Gasteiger partial charge in [0, 0.05) is 26.5 Å². The Kier molecular flexibility index (Phi) is 7.84. The molecule has 0 spiro atoms. The fraction of sp³-hybridized carbons (Fsp3) is 0.0417. The molecule has 0 bridgehead atoms. The van der Waals surface area contributed by atoms with Gasteiger partial charge in [0.25, 0.3) is 5.91 Å². The summed E-state index contributed by atoms with van der Waals surface area (Å²) in [6, 6.07) is 17.9. The van der Waals surface area contributed by atoms with Gasteiger partial charge in [-0.05, 0) is 54.6 Å². The van der Waals surface area contributed by atoms with Crippen LogP contribution in [-0.2, 0) is 4.79 Å². The molecule has 1 heterocycles. The predicted molar refractivity (Wildman–Crippen MR) is 138 cm³/mol. The number of anilines is 2. The summed E-state index contributed by atoms with van der Waals surface area (Å²) >= 11 is 14.8. The maximum absolute atomic E-state index is 13.7. The van der Waals surface area contributed by atoms with Gasteiger partial charge in [0.05, 0.1) is 22.0 Å². The monoisotopic (exact) mass is 531 g/mol. The molecule has 0 saturated carbocycles. The van der Waals surface area contributed by atoms with Crippen molar-refractivity contribution in [3.63, 3.8) is 0 Å². The molecule has 0 aliphatic rings. The average Bonchev–Trinajstić information content (AvgIpc) is 3.27. The van der Waals surface area contributed by atoms with E-state index in [0.717, 1.165) is 10.5 Å². The van der Waals surface area contributed by atoms with Crippen LogP contribution in [-0.4, -0.2) is 22.6 Å². The number of hydrogen-bond donors (Lipinski definition) is 2. The van der Waals surface area contributed by atoms with Gasteiger partial charge in [-0.15, -0.1) is 23.1 Å². The number of nitrogens with zero attached hydrogens (tertiary/aromatic N) is 1. The Morgan fingerprint density at radius 2 is 1.76 bits per heavy atom. The van der Waals surface area contributed by atoms with Crippen LogP contribution in [0.3, 0.4) is 0 Å². The Hall–Kier alpha value is -2.91. The summed E-state index contributed by atoms with van der Waals surface area (Å²) < 4.78 is 13.7. The maximum Gasteiger partial charge on any atom is 0.258 e. The second-order valence-electron chi connectivity index (χ2n) is 6.96. The molecule has 1 aromatic heterocycles. The molecule has 0 radical (unpaired) electrons. The molecule has 0 aliphatic heterocycles. The van der Waals surface area contributed by atoms with E-state index in [2.05, 4.69) is 15.6 Å². The molecule has 34 heavy (non-hydrogen) atoms. The third-order valence-corrected chi connectivity index (χ3v) is 6.88. The number of thiazole rings is 1. The molecule has 0 atom stereocenters. The highest BCUT2D eigenvalue weighted by Gasteiger charge is 2.13. The van der Waals surface area contributed by atoms with Crippen LogP contribution in [0.25, 0.3) is 11.3 Å². The molecule has 4 rings (SSSR count). The third-order valence-electron chi connectivity index (χ3n) is 4.56. The van der Waals surface area contributed by atoms with Crippen LogP contribution in [0, 0.1) is 5.82 Å². The molecule has 5 nitrogen and oxygen atoms in total. The molecule has 172 valence electrons. The number of halogens is 3. The van der Waals surface area contributed by atoms with E-state index in [4.69, 9.17) is 23.2 Å². The summed E-state index contributed by atoms with van der Waals surface area (Å²) in [6.07, 6.45) is 0. The minimum atomic E-state index is -0.582. The Morgan fingerprint density at radius 1 is 1.00 bits per heavy atom. The van der Waals surface area contributed by atoms with Gasteiger partial charge in [-0.1, -0.05) is 35.3 Å². The lowest BCUT2D eigenvalue weighted by atomic mass is 10.2. The van der Waals surface area contributed by atoms with Crippen LogP contribution < -0.4 is 10.6 Å². The average molecular weight is 532 g/mol. The number of thioether (sulfide) groups is 1. The van der Waals surface area contributed by atoms with E-state index in [1.807, 2.05) is 5.38 Å². The summed E-state index contributed by atoms with van der Waals surface area (Å²) in [5.41, 5.74) is 1.89. The van der Waals surface area contributed by atoms with Crippen LogP contribution >= 0.6 is 46.3 Å². The number of benzene rings is 3. The van der Waals surface area contributed by atoms with Gasteiger partial charge in [0.2, 0.25) is 5.91 Å². The van der Waals surface area contributed by atoms with Crippen LogP contribution in [0.2, 0.25) is 10.0 Å². The minimum absolute atomic E-state index is 0.0266. The van der Waals surface area contributed by atoms with Crippen LogP contribution in [0.1, 0.15) is 10.4 Å². The van der Waals surface area contributed by atoms with Crippen molar-refractivity contribution in [3.8, 4) is 11.3 Å². The van der Waals surface area contributed by atoms with E-state index in [-0.39, 0.29) is 17.2 Å². The van der Waals surface area contributed by atoms with Crippen LogP contribution in [0.4, 0.5) is 15.2 Å². The second kappa shape index (κ2) is 11.0. The van der Waals surface area contributed by atoms with Crippen LogP contribution in [0.5, 0.6) is 0 Å².